The Morgan fingerprint density at radius 2 is 1.97 bits per heavy atom. The van der Waals surface area contributed by atoms with Gasteiger partial charge in [0.05, 0.1) is 15.5 Å². The highest BCUT2D eigenvalue weighted by atomic mass is 32.3. The van der Waals surface area contributed by atoms with Gasteiger partial charge >= 0.3 is 5.97 Å². The Hall–Kier alpha value is -2.20. The molecule has 0 saturated carbocycles. The molecule has 1 atom stereocenters. The number of carboxylic acids is 1. The third-order valence-electron chi connectivity index (χ3n) is 6.26. The number of carboxylic acid groups (broad SMARTS) is 1. The molecular weight excluding hydrogens is 477 g/mol. The summed E-state index contributed by atoms with van der Waals surface area (Å²) < 4.78 is 41.9. The maximum atomic E-state index is 13.6. The Labute approximate surface area is 206 Å². The molecule has 1 aliphatic heterocycles. The summed E-state index contributed by atoms with van der Waals surface area (Å²) in [6.45, 7) is 4.84. The van der Waals surface area contributed by atoms with Crippen LogP contribution in [0, 0.1) is 5.41 Å². The molecule has 186 valence electrons. The molecule has 6 nitrogen and oxygen atoms in total. The average Bonchev–Trinajstić information content (AvgIpc) is 2.93. The highest BCUT2D eigenvalue weighted by Crippen LogP contribution is 2.62. The lowest BCUT2D eigenvalue weighted by molar-refractivity contribution is -0.134. The van der Waals surface area contributed by atoms with Gasteiger partial charge in [0.25, 0.3) is 0 Å². The van der Waals surface area contributed by atoms with E-state index in [1.54, 1.807) is 0 Å². The van der Waals surface area contributed by atoms with Gasteiger partial charge in [0.1, 0.15) is 12.0 Å². The molecule has 0 aliphatic carbocycles. The number of nitrogens with zero attached hydrogens (tertiary/aromatic N) is 1. The maximum Gasteiger partial charge on any atom is 0.368 e. The Morgan fingerprint density at radius 1 is 1.26 bits per heavy atom. The molecule has 0 spiro atoms. The van der Waals surface area contributed by atoms with E-state index < -0.39 is 22.4 Å². The van der Waals surface area contributed by atoms with Crippen molar-refractivity contribution < 1.29 is 28.1 Å². The molecule has 1 heterocycles. The highest BCUT2D eigenvalue weighted by Gasteiger charge is 2.42. The molecule has 0 aromatic heterocycles. The molecule has 0 fully saturated rings. The van der Waals surface area contributed by atoms with Crippen LogP contribution in [0.15, 0.2) is 64.3 Å². The zero-order valence-corrected chi connectivity index (χ0v) is 21.3. The van der Waals surface area contributed by atoms with Crippen LogP contribution < -0.4 is 9.64 Å². The molecule has 3 rings (SSSR count). The first-order valence-electron chi connectivity index (χ1n) is 11.2. The number of hydrogen-bond acceptors (Lipinski definition) is 6. The van der Waals surface area contributed by atoms with E-state index in [-0.39, 0.29) is 16.9 Å². The SMILES string of the molecule is CCCC[C@@]1(CC)CN(c2ccccc2)c2cc(SC)c(O/C=C(\F)C(=O)O)cc2S(O)(O)C1. The number of benzene rings is 2. The Kier molecular flexibility index (Phi) is 8.57. The number of aliphatic carboxylic acids is 1. The topological polar surface area (TPSA) is 90.2 Å². The first-order chi connectivity index (χ1) is 16.2. The van der Waals surface area contributed by atoms with E-state index in [9.17, 15) is 18.3 Å². The zero-order valence-electron chi connectivity index (χ0n) is 19.7. The van der Waals surface area contributed by atoms with Crippen LogP contribution in [-0.2, 0) is 4.79 Å². The van der Waals surface area contributed by atoms with Gasteiger partial charge in [-0.25, -0.2) is 4.79 Å². The third kappa shape index (κ3) is 5.71. The fourth-order valence-electron chi connectivity index (χ4n) is 4.32. The van der Waals surface area contributed by atoms with Crippen molar-refractivity contribution in [3.8, 4) is 5.75 Å². The number of fused-ring (bicyclic) bond motifs is 1. The van der Waals surface area contributed by atoms with Crippen molar-refractivity contribution in [1.29, 1.82) is 0 Å². The van der Waals surface area contributed by atoms with Crippen LogP contribution in [0.5, 0.6) is 5.75 Å². The van der Waals surface area contributed by atoms with Crippen LogP contribution in [0.1, 0.15) is 39.5 Å². The summed E-state index contributed by atoms with van der Waals surface area (Å²) >= 11 is 1.35. The number of carbonyl (C=O) groups is 1. The van der Waals surface area contributed by atoms with Crippen LogP contribution >= 0.6 is 22.4 Å². The Morgan fingerprint density at radius 3 is 2.56 bits per heavy atom. The predicted molar refractivity (Wildman–Crippen MR) is 137 cm³/mol. The molecule has 0 radical (unpaired) electrons. The van der Waals surface area contributed by atoms with Crippen molar-refractivity contribution in [3.05, 3.63) is 54.6 Å². The van der Waals surface area contributed by atoms with E-state index in [1.165, 1.54) is 17.8 Å². The standard InChI is InChI=1S/C25H32FNO5S2/c1-4-6-12-25(5-2)16-27(18-10-8-7-9-11-18)20-13-22(33-3)21(32-15-19(26)24(28)29)14-23(20)34(30,31)17-25/h7-11,13-15,30-31H,4-6,12,16-17H2,1-3H3,(H,28,29)/b19-15-/t25-/m0/s1. The number of hydrogen-bond donors (Lipinski definition) is 3. The van der Waals surface area contributed by atoms with Crippen molar-refractivity contribution in [2.45, 2.75) is 49.3 Å². The molecule has 1 aliphatic rings. The molecule has 0 saturated heterocycles. The molecule has 34 heavy (non-hydrogen) atoms. The summed E-state index contributed by atoms with van der Waals surface area (Å²) in [6.07, 6.45) is 5.98. The number of anilines is 2. The largest absolute Gasteiger partial charge is 0.476 e. The number of thioether (sulfide) groups is 1. The van der Waals surface area contributed by atoms with Gasteiger partial charge < -0.3 is 14.7 Å². The van der Waals surface area contributed by atoms with Gasteiger partial charge in [-0.1, -0.05) is 44.9 Å². The summed E-state index contributed by atoms with van der Waals surface area (Å²) in [5.41, 5.74) is 1.28. The third-order valence-corrected chi connectivity index (χ3v) is 9.07. The van der Waals surface area contributed by atoms with Gasteiger partial charge in [0.15, 0.2) is 0 Å². The number of unbranched alkanes of at least 4 members (excludes halogenated alkanes) is 1. The lowest BCUT2D eigenvalue weighted by atomic mass is 9.81. The van der Waals surface area contributed by atoms with E-state index >= 15 is 0 Å². The van der Waals surface area contributed by atoms with Gasteiger partial charge in [0.2, 0.25) is 5.83 Å². The van der Waals surface area contributed by atoms with Gasteiger partial charge in [-0.3, -0.25) is 9.11 Å². The van der Waals surface area contributed by atoms with Gasteiger partial charge in [0, 0.05) is 29.5 Å². The van der Waals surface area contributed by atoms with E-state index in [4.69, 9.17) is 9.84 Å². The quantitative estimate of drug-likeness (QED) is 0.183. The Bertz CT molecular complexity index is 1050. The Balaban J connectivity index is 2.21. The average molecular weight is 510 g/mol. The fourth-order valence-corrected chi connectivity index (χ4v) is 7.11. The van der Waals surface area contributed by atoms with E-state index in [0.29, 0.717) is 28.3 Å². The van der Waals surface area contributed by atoms with E-state index in [1.807, 2.05) is 42.7 Å². The van der Waals surface area contributed by atoms with E-state index in [0.717, 1.165) is 31.4 Å². The van der Waals surface area contributed by atoms with Crippen molar-refractivity contribution in [2.24, 2.45) is 5.41 Å². The maximum absolute atomic E-state index is 13.6. The zero-order chi connectivity index (χ0) is 24.9. The summed E-state index contributed by atoms with van der Waals surface area (Å²) in [7, 11) is -3.23. The lowest BCUT2D eigenvalue weighted by Gasteiger charge is -2.41. The summed E-state index contributed by atoms with van der Waals surface area (Å²) in [4.78, 5) is 13.9. The van der Waals surface area contributed by atoms with Crippen molar-refractivity contribution >= 4 is 39.7 Å². The van der Waals surface area contributed by atoms with Crippen molar-refractivity contribution in [2.75, 3.05) is 23.5 Å². The van der Waals surface area contributed by atoms with Gasteiger partial charge in [-0.05, 0) is 37.3 Å². The molecule has 0 bridgehead atoms. The van der Waals surface area contributed by atoms with Crippen LogP contribution in [0.4, 0.5) is 15.8 Å². The van der Waals surface area contributed by atoms with Crippen LogP contribution in [0.25, 0.3) is 0 Å². The van der Waals surface area contributed by atoms with Crippen molar-refractivity contribution in [3.63, 3.8) is 0 Å². The smallest absolute Gasteiger partial charge is 0.368 e. The van der Waals surface area contributed by atoms with Gasteiger partial charge in [-0.15, -0.1) is 11.8 Å². The first-order valence-corrected chi connectivity index (χ1v) is 14.2. The van der Waals surface area contributed by atoms with Crippen LogP contribution in [0.2, 0.25) is 0 Å². The second-order valence-corrected chi connectivity index (χ2v) is 11.5. The molecule has 0 amide bonds. The summed E-state index contributed by atoms with van der Waals surface area (Å²) in [5, 5.41) is 8.80. The molecule has 2 aromatic rings. The molecule has 9 heteroatoms. The normalized spacial score (nSPS) is 20.9. The van der Waals surface area contributed by atoms with Gasteiger partial charge in [-0.2, -0.15) is 15.0 Å². The second-order valence-electron chi connectivity index (χ2n) is 8.55. The summed E-state index contributed by atoms with van der Waals surface area (Å²) in [5.74, 6) is -2.79. The molecular formula is C25H32FNO5S2. The minimum atomic E-state index is -3.23. The molecule has 0 unspecified atom stereocenters. The monoisotopic (exact) mass is 509 g/mol. The first kappa shape index (κ1) is 26.4. The minimum absolute atomic E-state index is 0.174. The predicted octanol–water partition coefficient (Wildman–Crippen LogP) is 7.53. The van der Waals surface area contributed by atoms with Crippen LogP contribution in [0.3, 0.4) is 0 Å². The van der Waals surface area contributed by atoms with Crippen molar-refractivity contribution in [1.82, 2.24) is 0 Å². The van der Waals surface area contributed by atoms with E-state index in [2.05, 4.69) is 18.7 Å². The highest BCUT2D eigenvalue weighted by molar-refractivity contribution is 8.24. The summed E-state index contributed by atoms with van der Waals surface area (Å²) in [6, 6.07) is 13.2. The second kappa shape index (κ2) is 11.0. The number of rotatable bonds is 9. The number of halogens is 1. The number of para-hydroxylation sites is 1. The lowest BCUT2D eigenvalue weighted by Crippen LogP contribution is -2.37. The number of ether oxygens (including phenoxy) is 1. The fraction of sp³-hybridized carbons (Fsp3) is 0.400. The molecule has 2 aromatic carbocycles. The minimum Gasteiger partial charge on any atom is -0.476 e. The van der Waals surface area contributed by atoms with Crippen LogP contribution in [-0.4, -0.2) is 38.7 Å². The molecule has 3 N–H and O–H groups in total.